The van der Waals surface area contributed by atoms with Crippen LogP contribution in [0.2, 0.25) is 0 Å². The summed E-state index contributed by atoms with van der Waals surface area (Å²) in [4.78, 5) is 16.6. The summed E-state index contributed by atoms with van der Waals surface area (Å²) in [5, 5.41) is 3.14. The zero-order chi connectivity index (χ0) is 19.1. The molecule has 0 bridgehead atoms. The minimum absolute atomic E-state index is 0.254. The van der Waals surface area contributed by atoms with Crippen molar-refractivity contribution in [2.45, 2.75) is 51.5 Å². The van der Waals surface area contributed by atoms with Gasteiger partial charge in [0, 0.05) is 25.7 Å². The van der Waals surface area contributed by atoms with Crippen LogP contribution in [0, 0.1) is 0 Å². The summed E-state index contributed by atoms with van der Waals surface area (Å²) in [6.45, 7) is 7.77. The molecule has 0 aromatic heterocycles. The van der Waals surface area contributed by atoms with E-state index in [-0.39, 0.29) is 5.91 Å². The number of methoxy groups -OCH3 is 1. The molecule has 1 unspecified atom stereocenters. The lowest BCUT2D eigenvalue weighted by molar-refractivity contribution is -0.131. The second-order valence-corrected chi connectivity index (χ2v) is 7.83. The second kappa shape index (κ2) is 10.1. The summed E-state index contributed by atoms with van der Waals surface area (Å²) in [5.74, 6) is 1.22. The van der Waals surface area contributed by atoms with E-state index in [1.807, 2.05) is 4.90 Å². The van der Waals surface area contributed by atoms with Crippen molar-refractivity contribution in [3.8, 4) is 5.75 Å². The SMILES string of the molecule is CCCN(CCCCN1CCNCC1=O)C1CCc2ccc(OC)cc2C1. The number of rotatable bonds is 9. The van der Waals surface area contributed by atoms with Crippen LogP contribution >= 0.6 is 0 Å². The number of ether oxygens (including phenoxy) is 1. The Morgan fingerprint density at radius 2 is 2.15 bits per heavy atom. The van der Waals surface area contributed by atoms with Gasteiger partial charge >= 0.3 is 0 Å². The quantitative estimate of drug-likeness (QED) is 0.676. The van der Waals surface area contributed by atoms with Crippen molar-refractivity contribution in [3.63, 3.8) is 0 Å². The monoisotopic (exact) mass is 373 g/mol. The fourth-order valence-corrected chi connectivity index (χ4v) is 4.42. The molecule has 1 amide bonds. The van der Waals surface area contributed by atoms with E-state index in [0.717, 1.165) is 51.3 Å². The van der Waals surface area contributed by atoms with E-state index in [9.17, 15) is 4.79 Å². The zero-order valence-corrected chi connectivity index (χ0v) is 17.0. The van der Waals surface area contributed by atoms with Gasteiger partial charge in [0.2, 0.25) is 5.91 Å². The van der Waals surface area contributed by atoms with Gasteiger partial charge in [0.25, 0.3) is 0 Å². The smallest absolute Gasteiger partial charge is 0.236 e. The number of carbonyl (C=O) groups excluding carboxylic acids is 1. The third-order valence-electron chi connectivity index (χ3n) is 5.95. The van der Waals surface area contributed by atoms with Crippen molar-refractivity contribution in [1.82, 2.24) is 15.1 Å². The van der Waals surface area contributed by atoms with Crippen molar-refractivity contribution in [1.29, 1.82) is 0 Å². The Morgan fingerprint density at radius 1 is 1.26 bits per heavy atom. The van der Waals surface area contributed by atoms with E-state index >= 15 is 0 Å². The molecule has 1 aliphatic heterocycles. The van der Waals surface area contributed by atoms with Crippen molar-refractivity contribution < 1.29 is 9.53 Å². The highest BCUT2D eigenvalue weighted by atomic mass is 16.5. The molecule has 1 aliphatic carbocycles. The van der Waals surface area contributed by atoms with E-state index in [1.54, 1.807) is 7.11 Å². The molecule has 0 saturated carbocycles. The van der Waals surface area contributed by atoms with Crippen molar-refractivity contribution >= 4 is 5.91 Å². The number of fused-ring (bicyclic) bond motifs is 1. The molecule has 0 radical (unpaired) electrons. The number of nitrogens with one attached hydrogen (secondary N) is 1. The highest BCUT2D eigenvalue weighted by Crippen LogP contribution is 2.28. The molecule has 27 heavy (non-hydrogen) atoms. The number of nitrogens with zero attached hydrogens (tertiary/aromatic N) is 2. The lowest BCUT2D eigenvalue weighted by Crippen LogP contribution is -2.48. The fraction of sp³-hybridized carbons (Fsp3) is 0.682. The topological polar surface area (TPSA) is 44.8 Å². The van der Waals surface area contributed by atoms with E-state index < -0.39 is 0 Å². The highest BCUT2D eigenvalue weighted by molar-refractivity contribution is 5.78. The number of aryl methyl sites for hydroxylation is 1. The van der Waals surface area contributed by atoms with Gasteiger partial charge in [-0.15, -0.1) is 0 Å². The van der Waals surface area contributed by atoms with E-state index in [1.165, 1.54) is 36.8 Å². The summed E-state index contributed by atoms with van der Waals surface area (Å²) in [7, 11) is 1.74. The van der Waals surface area contributed by atoms with Crippen LogP contribution in [0.1, 0.15) is 43.7 Å². The van der Waals surface area contributed by atoms with Crippen LogP contribution in [0.5, 0.6) is 5.75 Å². The van der Waals surface area contributed by atoms with E-state index in [0.29, 0.717) is 12.6 Å². The van der Waals surface area contributed by atoms with Crippen LogP contribution < -0.4 is 10.1 Å². The van der Waals surface area contributed by atoms with Gasteiger partial charge in [0.15, 0.2) is 0 Å². The second-order valence-electron chi connectivity index (χ2n) is 7.83. The summed E-state index contributed by atoms with van der Waals surface area (Å²) >= 11 is 0. The summed E-state index contributed by atoms with van der Waals surface area (Å²) in [5.41, 5.74) is 2.94. The number of benzene rings is 1. The predicted molar refractivity (Wildman–Crippen MR) is 109 cm³/mol. The van der Waals surface area contributed by atoms with Crippen molar-refractivity contribution in [2.75, 3.05) is 46.4 Å². The average molecular weight is 374 g/mol. The minimum Gasteiger partial charge on any atom is -0.497 e. The van der Waals surface area contributed by atoms with Crippen molar-refractivity contribution in [3.05, 3.63) is 29.3 Å². The van der Waals surface area contributed by atoms with Crippen LogP contribution in [0.25, 0.3) is 0 Å². The summed E-state index contributed by atoms with van der Waals surface area (Å²) < 4.78 is 5.42. The molecule has 1 aromatic rings. The number of hydrogen-bond acceptors (Lipinski definition) is 4. The Bertz CT molecular complexity index is 620. The van der Waals surface area contributed by atoms with E-state index in [4.69, 9.17) is 4.74 Å². The number of piperazine rings is 1. The van der Waals surface area contributed by atoms with E-state index in [2.05, 4.69) is 35.3 Å². The largest absolute Gasteiger partial charge is 0.497 e. The molecule has 150 valence electrons. The number of unbranched alkanes of at least 4 members (excludes halogenated alkanes) is 1. The van der Waals surface area contributed by atoms with Crippen LogP contribution in [0.3, 0.4) is 0 Å². The number of hydrogen-bond donors (Lipinski definition) is 1. The molecule has 5 heteroatoms. The van der Waals surface area contributed by atoms with Gasteiger partial charge in [-0.05, 0) is 74.9 Å². The molecule has 1 aromatic carbocycles. The maximum Gasteiger partial charge on any atom is 0.236 e. The third-order valence-corrected chi connectivity index (χ3v) is 5.95. The molecule has 3 rings (SSSR count). The van der Waals surface area contributed by atoms with Crippen molar-refractivity contribution in [2.24, 2.45) is 0 Å². The molecule has 1 heterocycles. The van der Waals surface area contributed by atoms with Crippen LogP contribution in [-0.2, 0) is 17.6 Å². The number of amides is 1. The van der Waals surface area contributed by atoms with Gasteiger partial charge in [-0.3, -0.25) is 4.79 Å². The van der Waals surface area contributed by atoms with Gasteiger partial charge in [-0.2, -0.15) is 0 Å². The minimum atomic E-state index is 0.254. The lowest BCUT2D eigenvalue weighted by atomic mass is 9.87. The molecule has 0 spiro atoms. The van der Waals surface area contributed by atoms with Gasteiger partial charge in [-0.1, -0.05) is 13.0 Å². The standard InChI is InChI=1S/C22H35N3O2/c1-3-11-24(12-4-5-13-25-14-10-23-17-22(25)26)20-8-6-18-7-9-21(27-2)16-19(18)15-20/h7,9,16,20,23H,3-6,8,10-15,17H2,1-2H3. The Kier molecular flexibility index (Phi) is 7.53. The Morgan fingerprint density at radius 3 is 2.93 bits per heavy atom. The first kappa shape index (κ1) is 20.2. The summed E-state index contributed by atoms with van der Waals surface area (Å²) in [6, 6.07) is 7.17. The Labute approximate surface area is 164 Å². The van der Waals surface area contributed by atoms with Gasteiger partial charge in [0.1, 0.15) is 5.75 Å². The number of carbonyl (C=O) groups is 1. The maximum absolute atomic E-state index is 11.9. The van der Waals surface area contributed by atoms with Gasteiger partial charge in [-0.25, -0.2) is 0 Å². The van der Waals surface area contributed by atoms with Gasteiger partial charge in [0.05, 0.1) is 13.7 Å². The molecular formula is C22H35N3O2. The van der Waals surface area contributed by atoms with Crippen LogP contribution in [0.4, 0.5) is 0 Å². The lowest BCUT2D eigenvalue weighted by Gasteiger charge is -2.35. The maximum atomic E-state index is 11.9. The first-order valence-electron chi connectivity index (χ1n) is 10.6. The van der Waals surface area contributed by atoms with Gasteiger partial charge < -0.3 is 19.9 Å². The predicted octanol–water partition coefficient (Wildman–Crippen LogP) is 2.48. The zero-order valence-electron chi connectivity index (χ0n) is 17.0. The normalized spacial score (nSPS) is 20.0. The molecule has 1 atom stereocenters. The first-order valence-corrected chi connectivity index (χ1v) is 10.6. The molecular weight excluding hydrogens is 338 g/mol. The summed E-state index contributed by atoms with van der Waals surface area (Å²) in [6.07, 6.45) is 7.00. The molecule has 1 saturated heterocycles. The molecule has 1 N–H and O–H groups in total. The first-order chi connectivity index (χ1) is 13.2. The Balaban J connectivity index is 1.50. The highest BCUT2D eigenvalue weighted by Gasteiger charge is 2.24. The van der Waals surface area contributed by atoms with Crippen LogP contribution in [-0.4, -0.2) is 68.1 Å². The molecule has 1 fully saturated rings. The third kappa shape index (κ3) is 5.45. The molecule has 2 aliphatic rings. The fourth-order valence-electron chi connectivity index (χ4n) is 4.42. The Hall–Kier alpha value is -1.59. The molecule has 5 nitrogen and oxygen atoms in total. The average Bonchev–Trinajstić information content (AvgIpc) is 2.70. The van der Waals surface area contributed by atoms with Crippen LogP contribution in [0.15, 0.2) is 18.2 Å².